The van der Waals surface area contributed by atoms with Crippen LogP contribution >= 0.6 is 0 Å². The standard InChI is InChI=1S/C20H21/c1-4-15(3)16-8-10-17(11-9-16)19-7-5-6-18-12-14(2)13-20(18)19/h5-13,15H,4H2,1-3H3. The van der Waals surface area contributed by atoms with Crippen LogP contribution in [0.25, 0.3) is 17.2 Å². The largest absolute Gasteiger partial charge is 0.0648 e. The van der Waals surface area contributed by atoms with Gasteiger partial charge in [0.1, 0.15) is 0 Å². The molecule has 1 atom stereocenters. The molecule has 0 heteroatoms. The monoisotopic (exact) mass is 261 g/mol. The van der Waals surface area contributed by atoms with Gasteiger partial charge in [-0.1, -0.05) is 68.0 Å². The number of benzene rings is 2. The quantitative estimate of drug-likeness (QED) is 0.651. The molecule has 0 spiro atoms. The zero-order valence-corrected chi connectivity index (χ0v) is 12.5. The molecule has 0 saturated carbocycles. The average molecular weight is 261 g/mol. The van der Waals surface area contributed by atoms with Crippen LogP contribution in [0.15, 0.2) is 48.0 Å². The van der Waals surface area contributed by atoms with E-state index in [1.807, 2.05) is 0 Å². The minimum atomic E-state index is 0.640. The van der Waals surface area contributed by atoms with Crippen LogP contribution in [0.5, 0.6) is 0 Å². The second-order valence-corrected chi connectivity index (χ2v) is 5.77. The predicted molar refractivity (Wildman–Crippen MR) is 87.6 cm³/mol. The lowest BCUT2D eigenvalue weighted by Gasteiger charge is -2.11. The minimum absolute atomic E-state index is 0.640. The third-order valence-corrected chi connectivity index (χ3v) is 4.30. The molecule has 2 aromatic rings. The van der Waals surface area contributed by atoms with Gasteiger partial charge in [-0.2, -0.15) is 0 Å². The van der Waals surface area contributed by atoms with Crippen molar-refractivity contribution in [3.63, 3.8) is 0 Å². The third-order valence-electron chi connectivity index (χ3n) is 4.30. The number of allylic oxidation sites excluding steroid dienone is 1. The van der Waals surface area contributed by atoms with Gasteiger partial charge >= 0.3 is 0 Å². The number of fused-ring (bicyclic) bond motifs is 1. The summed E-state index contributed by atoms with van der Waals surface area (Å²) in [5.74, 6) is 0.640. The molecule has 0 amide bonds. The molecule has 1 aliphatic carbocycles. The second kappa shape index (κ2) is 5.28. The lowest BCUT2D eigenvalue weighted by molar-refractivity contribution is 0.734. The van der Waals surface area contributed by atoms with Crippen molar-refractivity contribution in [3.05, 3.63) is 71.1 Å². The number of hydrogen-bond donors (Lipinski definition) is 0. The highest BCUT2D eigenvalue weighted by molar-refractivity contribution is 5.83. The van der Waals surface area contributed by atoms with Crippen molar-refractivity contribution in [1.82, 2.24) is 0 Å². The van der Waals surface area contributed by atoms with Gasteiger partial charge in [0, 0.05) is 6.42 Å². The third kappa shape index (κ3) is 2.31. The topological polar surface area (TPSA) is 0 Å². The van der Waals surface area contributed by atoms with E-state index in [2.05, 4.69) is 75.7 Å². The van der Waals surface area contributed by atoms with Gasteiger partial charge in [-0.05, 0) is 47.1 Å². The summed E-state index contributed by atoms with van der Waals surface area (Å²) < 4.78 is 0. The van der Waals surface area contributed by atoms with Crippen molar-refractivity contribution in [2.24, 2.45) is 0 Å². The molecule has 0 bridgehead atoms. The summed E-state index contributed by atoms with van der Waals surface area (Å²) in [5.41, 5.74) is 8.12. The van der Waals surface area contributed by atoms with Crippen LogP contribution in [-0.4, -0.2) is 0 Å². The van der Waals surface area contributed by atoms with E-state index in [0.29, 0.717) is 5.92 Å². The molecule has 1 aliphatic rings. The molecule has 0 heterocycles. The highest BCUT2D eigenvalue weighted by atomic mass is 14.2. The molecule has 2 aromatic carbocycles. The van der Waals surface area contributed by atoms with Gasteiger partial charge in [0.25, 0.3) is 0 Å². The lowest BCUT2D eigenvalue weighted by Crippen LogP contribution is -1.91. The van der Waals surface area contributed by atoms with E-state index in [-0.39, 0.29) is 0 Å². The Balaban J connectivity index is 2.01. The number of hydrogen-bond acceptors (Lipinski definition) is 0. The van der Waals surface area contributed by atoms with Crippen molar-refractivity contribution in [3.8, 4) is 11.1 Å². The highest BCUT2D eigenvalue weighted by Crippen LogP contribution is 2.35. The van der Waals surface area contributed by atoms with E-state index in [9.17, 15) is 0 Å². The molecule has 1 radical (unpaired) electrons. The molecule has 0 N–H and O–H groups in total. The van der Waals surface area contributed by atoms with E-state index >= 15 is 0 Å². The first-order chi connectivity index (χ1) is 9.69. The van der Waals surface area contributed by atoms with Crippen LogP contribution in [0.3, 0.4) is 0 Å². The smallest absolute Gasteiger partial charge is 0.0161 e. The van der Waals surface area contributed by atoms with E-state index < -0.39 is 0 Å². The summed E-state index contributed by atoms with van der Waals surface area (Å²) >= 11 is 0. The van der Waals surface area contributed by atoms with E-state index in [1.54, 1.807) is 0 Å². The van der Waals surface area contributed by atoms with Crippen molar-refractivity contribution < 1.29 is 0 Å². The Hall–Kier alpha value is -1.82. The Bertz CT molecular complexity index is 644. The second-order valence-electron chi connectivity index (χ2n) is 5.77. The molecular weight excluding hydrogens is 240 g/mol. The molecule has 0 aliphatic heterocycles. The summed E-state index contributed by atoms with van der Waals surface area (Å²) in [6.07, 6.45) is 5.73. The average Bonchev–Trinajstić information content (AvgIpc) is 2.86. The fraction of sp³-hybridized carbons (Fsp3) is 0.250. The summed E-state index contributed by atoms with van der Waals surface area (Å²) in [5, 5.41) is 0. The molecule has 20 heavy (non-hydrogen) atoms. The van der Waals surface area contributed by atoms with Crippen molar-refractivity contribution in [2.75, 3.05) is 0 Å². The van der Waals surface area contributed by atoms with Crippen LogP contribution in [0.4, 0.5) is 0 Å². The van der Waals surface area contributed by atoms with Gasteiger partial charge in [-0.15, -0.1) is 0 Å². The Morgan fingerprint density at radius 1 is 1.00 bits per heavy atom. The van der Waals surface area contributed by atoms with Crippen LogP contribution in [0.2, 0.25) is 0 Å². The molecule has 0 saturated heterocycles. The summed E-state index contributed by atoms with van der Waals surface area (Å²) in [6.45, 7) is 6.69. The van der Waals surface area contributed by atoms with Crippen molar-refractivity contribution >= 4 is 6.08 Å². The predicted octanol–water partition coefficient (Wildman–Crippen LogP) is 5.84. The van der Waals surface area contributed by atoms with Crippen molar-refractivity contribution in [1.29, 1.82) is 0 Å². The van der Waals surface area contributed by atoms with E-state index in [0.717, 1.165) is 0 Å². The van der Waals surface area contributed by atoms with Crippen molar-refractivity contribution in [2.45, 2.75) is 33.1 Å². The summed E-state index contributed by atoms with van der Waals surface area (Å²) in [4.78, 5) is 0. The van der Waals surface area contributed by atoms with Gasteiger partial charge in [-0.25, -0.2) is 0 Å². The van der Waals surface area contributed by atoms with Crippen LogP contribution < -0.4 is 0 Å². The molecule has 0 nitrogen and oxygen atoms in total. The Labute approximate surface area is 122 Å². The van der Waals surface area contributed by atoms with Gasteiger partial charge in [0.2, 0.25) is 0 Å². The molecular formula is C20H21. The minimum Gasteiger partial charge on any atom is -0.0648 e. The summed E-state index contributed by atoms with van der Waals surface area (Å²) in [7, 11) is 0. The maximum atomic E-state index is 2.29. The fourth-order valence-corrected chi connectivity index (χ4v) is 2.86. The first-order valence-electron chi connectivity index (χ1n) is 7.45. The normalized spacial score (nSPS) is 14.8. The Morgan fingerprint density at radius 3 is 2.45 bits per heavy atom. The first-order valence-corrected chi connectivity index (χ1v) is 7.45. The molecule has 101 valence electrons. The van der Waals surface area contributed by atoms with Crippen LogP contribution in [0, 0.1) is 6.42 Å². The van der Waals surface area contributed by atoms with E-state index in [4.69, 9.17) is 0 Å². The lowest BCUT2D eigenvalue weighted by atomic mass is 9.93. The maximum absolute atomic E-state index is 2.29. The van der Waals surface area contributed by atoms with Gasteiger partial charge in [0.05, 0.1) is 0 Å². The Kier molecular flexibility index (Phi) is 3.48. The van der Waals surface area contributed by atoms with Crippen LogP contribution in [0.1, 0.15) is 49.8 Å². The molecule has 0 fully saturated rings. The van der Waals surface area contributed by atoms with Crippen LogP contribution in [-0.2, 0) is 0 Å². The zero-order chi connectivity index (χ0) is 14.1. The van der Waals surface area contributed by atoms with E-state index in [1.165, 1.54) is 39.8 Å². The zero-order valence-electron chi connectivity index (χ0n) is 12.5. The first kappa shape index (κ1) is 13.2. The maximum Gasteiger partial charge on any atom is 0.0161 e. The van der Waals surface area contributed by atoms with Gasteiger partial charge in [0.15, 0.2) is 0 Å². The van der Waals surface area contributed by atoms with Gasteiger partial charge in [-0.3, -0.25) is 0 Å². The SMILES string of the molecule is CCC(C)c1ccc(-c2cccc3c2C=C(C)[CH]3)cc1. The molecule has 1 unspecified atom stereocenters. The number of rotatable bonds is 3. The molecule has 0 aromatic heterocycles. The Morgan fingerprint density at radius 2 is 1.75 bits per heavy atom. The molecule has 3 rings (SSSR count). The van der Waals surface area contributed by atoms with Gasteiger partial charge < -0.3 is 0 Å². The fourth-order valence-electron chi connectivity index (χ4n) is 2.86. The summed E-state index contributed by atoms with van der Waals surface area (Å²) in [6, 6.07) is 15.6. The highest BCUT2D eigenvalue weighted by Gasteiger charge is 2.14.